The van der Waals surface area contributed by atoms with E-state index >= 15 is 0 Å². The largest absolute Gasteiger partial charge is 0.389 e. The molecule has 3 heterocycles. The van der Waals surface area contributed by atoms with E-state index in [-0.39, 0.29) is 39.5 Å². The number of hydrogen-bond acceptors (Lipinski definition) is 7. The maximum absolute atomic E-state index is 14.1. The van der Waals surface area contributed by atoms with Crippen molar-refractivity contribution in [1.29, 1.82) is 0 Å². The van der Waals surface area contributed by atoms with Crippen molar-refractivity contribution in [1.82, 2.24) is 14.8 Å². The quantitative estimate of drug-likeness (QED) is 0.545. The third-order valence-corrected chi connectivity index (χ3v) is 6.32. The van der Waals surface area contributed by atoms with Crippen molar-refractivity contribution in [3.8, 4) is 10.6 Å². The molecule has 0 aliphatic carbocycles. The van der Waals surface area contributed by atoms with Crippen LogP contribution in [0.4, 0.5) is 19.5 Å². The maximum atomic E-state index is 14.1. The molecule has 11 heteroatoms. The summed E-state index contributed by atoms with van der Waals surface area (Å²) >= 11 is 0.842. The molecule has 1 aromatic carbocycles. The number of carbonyl (C=O) groups excluding carboxylic acids is 1. The number of ether oxygens (including phenoxy) is 1. The first kappa shape index (κ1) is 22.3. The second-order valence-corrected chi connectivity index (χ2v) is 8.89. The SMILES string of the molecule is C[C@@H]1CC(N)CC[C@H](c2c(NC(=O)c3nc(-c4c(F)cccc4F)sc3N)cnn2C)O1. The molecule has 3 aromatic rings. The van der Waals surface area contributed by atoms with Gasteiger partial charge in [0, 0.05) is 13.1 Å². The number of nitrogens with two attached hydrogens (primary N) is 2. The summed E-state index contributed by atoms with van der Waals surface area (Å²) in [6.45, 7) is 1.96. The highest BCUT2D eigenvalue weighted by atomic mass is 32.1. The molecule has 0 spiro atoms. The molecule has 0 bridgehead atoms. The average Bonchev–Trinajstić information content (AvgIpc) is 3.22. The maximum Gasteiger partial charge on any atom is 0.277 e. The lowest BCUT2D eigenvalue weighted by atomic mass is 10.0. The van der Waals surface area contributed by atoms with Gasteiger partial charge in [0.1, 0.15) is 27.7 Å². The second kappa shape index (κ2) is 8.93. The molecule has 1 amide bonds. The molecule has 170 valence electrons. The molecular formula is C21H24F2N6O2S. The molecule has 0 radical (unpaired) electrons. The van der Waals surface area contributed by atoms with Crippen LogP contribution in [0.1, 0.15) is 48.5 Å². The highest BCUT2D eigenvalue weighted by Crippen LogP contribution is 2.36. The van der Waals surface area contributed by atoms with E-state index < -0.39 is 17.5 Å². The zero-order chi connectivity index (χ0) is 23.0. The minimum absolute atomic E-state index is 0.00965. The Hall–Kier alpha value is -2.89. The number of aryl methyl sites for hydroxylation is 1. The van der Waals surface area contributed by atoms with E-state index in [2.05, 4.69) is 15.4 Å². The zero-order valence-corrected chi connectivity index (χ0v) is 18.5. The number of benzene rings is 1. The van der Waals surface area contributed by atoms with Crippen molar-refractivity contribution in [2.75, 3.05) is 11.1 Å². The topological polar surface area (TPSA) is 121 Å². The lowest BCUT2D eigenvalue weighted by Gasteiger charge is -2.20. The van der Waals surface area contributed by atoms with E-state index in [9.17, 15) is 13.6 Å². The summed E-state index contributed by atoms with van der Waals surface area (Å²) in [5.41, 5.74) is 12.8. The summed E-state index contributed by atoms with van der Waals surface area (Å²) in [5.74, 6) is -2.16. The van der Waals surface area contributed by atoms with Crippen molar-refractivity contribution in [2.45, 2.75) is 44.4 Å². The molecular weight excluding hydrogens is 438 g/mol. The standard InChI is InChI=1S/C21H24F2N6O2S/c1-10-8-11(24)6-7-15(31-10)18-14(9-26-29(18)2)27-20(30)17-19(25)32-21(28-17)16-12(22)4-3-5-13(16)23/h3-5,9-11,15H,6-8,24-25H2,1-2H3,(H,27,30)/t10-,11?,15-/m1/s1. The van der Waals surface area contributed by atoms with Gasteiger partial charge in [-0.3, -0.25) is 9.48 Å². The van der Waals surface area contributed by atoms with Crippen LogP contribution in [0.25, 0.3) is 10.6 Å². The minimum Gasteiger partial charge on any atom is -0.389 e. The second-order valence-electron chi connectivity index (χ2n) is 7.86. The van der Waals surface area contributed by atoms with Gasteiger partial charge < -0.3 is 21.5 Å². The molecule has 5 N–H and O–H groups in total. The van der Waals surface area contributed by atoms with Gasteiger partial charge in [0.15, 0.2) is 5.69 Å². The first-order valence-corrected chi connectivity index (χ1v) is 11.0. The van der Waals surface area contributed by atoms with Gasteiger partial charge in [-0.15, -0.1) is 0 Å². The average molecular weight is 463 g/mol. The van der Waals surface area contributed by atoms with Crippen LogP contribution in [0.15, 0.2) is 24.4 Å². The Morgan fingerprint density at radius 1 is 1.31 bits per heavy atom. The first-order chi connectivity index (χ1) is 15.2. The van der Waals surface area contributed by atoms with Crippen LogP contribution >= 0.6 is 11.3 Å². The molecule has 1 fully saturated rings. The number of nitrogens with zero attached hydrogens (tertiary/aromatic N) is 3. The number of halogens is 2. The van der Waals surface area contributed by atoms with Crippen LogP contribution in [-0.4, -0.2) is 32.8 Å². The molecule has 8 nitrogen and oxygen atoms in total. The van der Waals surface area contributed by atoms with Gasteiger partial charge in [-0.1, -0.05) is 17.4 Å². The summed E-state index contributed by atoms with van der Waals surface area (Å²) in [4.78, 5) is 17.1. The van der Waals surface area contributed by atoms with Gasteiger partial charge in [0.25, 0.3) is 5.91 Å². The van der Waals surface area contributed by atoms with Gasteiger partial charge in [-0.25, -0.2) is 13.8 Å². The van der Waals surface area contributed by atoms with Crippen molar-refractivity contribution >= 4 is 27.9 Å². The third kappa shape index (κ3) is 4.36. The predicted molar refractivity (Wildman–Crippen MR) is 118 cm³/mol. The Bertz CT molecular complexity index is 1130. The monoisotopic (exact) mass is 462 g/mol. The fourth-order valence-electron chi connectivity index (χ4n) is 3.93. The number of nitrogen functional groups attached to an aromatic ring is 1. The van der Waals surface area contributed by atoms with Crippen molar-refractivity contribution in [3.63, 3.8) is 0 Å². The van der Waals surface area contributed by atoms with Crippen LogP contribution in [0.5, 0.6) is 0 Å². The van der Waals surface area contributed by atoms with Crippen LogP contribution in [0, 0.1) is 11.6 Å². The van der Waals surface area contributed by atoms with Gasteiger partial charge in [0.2, 0.25) is 0 Å². The summed E-state index contributed by atoms with van der Waals surface area (Å²) in [6, 6.07) is 3.55. The Balaban J connectivity index is 1.60. The van der Waals surface area contributed by atoms with Gasteiger partial charge >= 0.3 is 0 Å². The number of nitrogens with one attached hydrogen (secondary N) is 1. The Labute approximate surface area is 187 Å². The fraction of sp³-hybridized carbons (Fsp3) is 0.381. The lowest BCUT2D eigenvalue weighted by molar-refractivity contribution is -0.00360. The van der Waals surface area contributed by atoms with Crippen LogP contribution in [0.3, 0.4) is 0 Å². The molecule has 1 aliphatic rings. The van der Waals surface area contributed by atoms with Crippen LogP contribution in [0.2, 0.25) is 0 Å². The minimum atomic E-state index is -0.780. The summed E-state index contributed by atoms with van der Waals surface area (Å²) in [5, 5.41) is 7.07. The smallest absolute Gasteiger partial charge is 0.277 e. The van der Waals surface area contributed by atoms with Crippen molar-refractivity contribution < 1.29 is 18.3 Å². The number of amides is 1. The molecule has 32 heavy (non-hydrogen) atoms. The van der Waals surface area contributed by atoms with Gasteiger partial charge in [-0.2, -0.15) is 5.10 Å². The summed E-state index contributed by atoms with van der Waals surface area (Å²) in [7, 11) is 1.76. The predicted octanol–water partition coefficient (Wildman–Crippen LogP) is 3.61. The van der Waals surface area contributed by atoms with E-state index in [4.69, 9.17) is 16.2 Å². The highest BCUT2D eigenvalue weighted by molar-refractivity contribution is 7.19. The Kier molecular flexibility index (Phi) is 6.22. The molecule has 1 unspecified atom stereocenters. The van der Waals surface area contributed by atoms with Gasteiger partial charge in [-0.05, 0) is 38.3 Å². The molecule has 4 rings (SSSR count). The number of thiazole rings is 1. The normalized spacial score (nSPS) is 21.3. The fourth-order valence-corrected chi connectivity index (χ4v) is 4.80. The zero-order valence-electron chi connectivity index (χ0n) is 17.6. The van der Waals surface area contributed by atoms with E-state index in [1.165, 1.54) is 12.3 Å². The number of hydrogen-bond donors (Lipinski definition) is 3. The molecule has 1 saturated heterocycles. The van der Waals surface area contributed by atoms with E-state index in [1.54, 1.807) is 11.7 Å². The molecule has 2 aromatic heterocycles. The summed E-state index contributed by atoms with van der Waals surface area (Å²) < 4.78 is 36.0. The first-order valence-electron chi connectivity index (χ1n) is 10.2. The van der Waals surface area contributed by atoms with Crippen LogP contribution in [-0.2, 0) is 11.8 Å². The molecule has 0 saturated carbocycles. The van der Waals surface area contributed by atoms with E-state index in [0.717, 1.165) is 36.3 Å². The van der Waals surface area contributed by atoms with Crippen LogP contribution < -0.4 is 16.8 Å². The van der Waals surface area contributed by atoms with Gasteiger partial charge in [0.05, 0.1) is 29.2 Å². The van der Waals surface area contributed by atoms with Crippen molar-refractivity contribution in [2.24, 2.45) is 12.8 Å². The lowest BCUT2D eigenvalue weighted by Crippen LogP contribution is -2.23. The molecule has 1 aliphatic heterocycles. The Morgan fingerprint density at radius 3 is 2.75 bits per heavy atom. The molecule has 3 atom stereocenters. The third-order valence-electron chi connectivity index (χ3n) is 5.41. The summed E-state index contributed by atoms with van der Waals surface area (Å²) in [6.07, 6.45) is 3.40. The number of rotatable bonds is 4. The Morgan fingerprint density at radius 2 is 2.03 bits per heavy atom. The highest BCUT2D eigenvalue weighted by Gasteiger charge is 2.29. The van der Waals surface area contributed by atoms with E-state index in [1.807, 2.05) is 6.92 Å². The number of carbonyl (C=O) groups is 1. The van der Waals surface area contributed by atoms with Crippen molar-refractivity contribution in [3.05, 3.63) is 47.4 Å². The number of anilines is 2. The van der Waals surface area contributed by atoms with E-state index in [0.29, 0.717) is 17.8 Å². The number of aromatic nitrogens is 3.